The molecule has 0 unspecified atom stereocenters. The topological polar surface area (TPSA) is 98.2 Å². The van der Waals surface area contributed by atoms with E-state index in [0.29, 0.717) is 12.4 Å². The number of amides is 1. The van der Waals surface area contributed by atoms with Crippen molar-refractivity contribution in [2.24, 2.45) is 0 Å². The quantitative estimate of drug-likeness (QED) is 0.628. The van der Waals surface area contributed by atoms with Crippen LogP contribution in [0.4, 0.5) is 0 Å². The number of carbonyl (C=O) groups is 1. The van der Waals surface area contributed by atoms with Gasteiger partial charge in [-0.25, -0.2) is 14.6 Å². The number of benzene rings is 1. The van der Waals surface area contributed by atoms with Crippen molar-refractivity contribution in [2.75, 3.05) is 13.7 Å². The van der Waals surface area contributed by atoms with Gasteiger partial charge in [0.05, 0.1) is 19.5 Å². The van der Waals surface area contributed by atoms with Crippen molar-refractivity contribution < 1.29 is 14.3 Å². The SMILES string of the molecule is COc1ccc([C@@H]2[C@@H](c3nc(C)nn3CCc3cnc[nH]3)OCC(=O)N2C2CC2)cc1. The van der Waals surface area contributed by atoms with Gasteiger partial charge >= 0.3 is 0 Å². The molecule has 1 aromatic carbocycles. The van der Waals surface area contributed by atoms with Crippen LogP contribution in [-0.4, -0.2) is 55.3 Å². The molecule has 2 atom stereocenters. The molecule has 1 aliphatic heterocycles. The fourth-order valence-electron chi connectivity index (χ4n) is 4.26. The fourth-order valence-corrected chi connectivity index (χ4v) is 4.26. The van der Waals surface area contributed by atoms with E-state index in [1.54, 1.807) is 13.4 Å². The van der Waals surface area contributed by atoms with Gasteiger partial charge in [0.2, 0.25) is 5.91 Å². The molecule has 2 aromatic heterocycles. The zero-order chi connectivity index (χ0) is 21.4. The minimum absolute atomic E-state index is 0.0276. The Hall–Kier alpha value is -3.20. The summed E-state index contributed by atoms with van der Waals surface area (Å²) < 4.78 is 13.4. The largest absolute Gasteiger partial charge is 0.497 e. The number of hydrogen-bond donors (Lipinski definition) is 1. The summed E-state index contributed by atoms with van der Waals surface area (Å²) in [6.07, 6.45) is 5.89. The lowest BCUT2D eigenvalue weighted by Crippen LogP contribution is -2.47. The predicted octanol–water partition coefficient (Wildman–Crippen LogP) is 2.36. The molecular formula is C22H26N6O3. The zero-order valence-corrected chi connectivity index (χ0v) is 17.7. The third-order valence-corrected chi connectivity index (χ3v) is 5.87. The van der Waals surface area contributed by atoms with Crippen LogP contribution in [0.15, 0.2) is 36.8 Å². The van der Waals surface area contributed by atoms with Gasteiger partial charge in [-0.05, 0) is 37.5 Å². The van der Waals surface area contributed by atoms with Crippen LogP contribution in [0.3, 0.4) is 0 Å². The molecule has 1 saturated heterocycles. The summed E-state index contributed by atoms with van der Waals surface area (Å²) in [6.45, 7) is 2.58. The van der Waals surface area contributed by atoms with E-state index >= 15 is 0 Å². The Balaban J connectivity index is 1.50. The molecule has 0 spiro atoms. The van der Waals surface area contributed by atoms with Gasteiger partial charge in [-0.2, -0.15) is 5.10 Å². The minimum atomic E-state index is -0.394. The lowest BCUT2D eigenvalue weighted by Gasteiger charge is -2.41. The van der Waals surface area contributed by atoms with Gasteiger partial charge in [0.25, 0.3) is 0 Å². The summed E-state index contributed by atoms with van der Waals surface area (Å²) in [5.41, 5.74) is 2.04. The molecule has 1 aliphatic carbocycles. The van der Waals surface area contributed by atoms with E-state index in [2.05, 4.69) is 15.1 Å². The second kappa shape index (κ2) is 8.14. The van der Waals surface area contributed by atoms with E-state index in [-0.39, 0.29) is 24.6 Å². The van der Waals surface area contributed by atoms with Crippen LogP contribution in [0.1, 0.15) is 47.9 Å². The summed E-state index contributed by atoms with van der Waals surface area (Å²) >= 11 is 0. The number of aryl methyl sites for hydroxylation is 3. The molecule has 3 aromatic rings. The number of carbonyl (C=O) groups excluding carboxylic acids is 1. The Morgan fingerprint density at radius 2 is 2.06 bits per heavy atom. The normalized spacial score (nSPS) is 21.5. The first-order valence-corrected chi connectivity index (χ1v) is 10.6. The molecule has 31 heavy (non-hydrogen) atoms. The second-order valence-corrected chi connectivity index (χ2v) is 8.05. The van der Waals surface area contributed by atoms with E-state index in [9.17, 15) is 4.79 Å². The van der Waals surface area contributed by atoms with Crippen LogP contribution in [0.5, 0.6) is 5.75 Å². The summed E-state index contributed by atoms with van der Waals surface area (Å²) in [6, 6.07) is 7.86. The maximum atomic E-state index is 12.9. The molecule has 5 rings (SSSR count). The van der Waals surface area contributed by atoms with Gasteiger partial charge in [0.15, 0.2) is 5.82 Å². The first-order valence-electron chi connectivity index (χ1n) is 10.6. The van der Waals surface area contributed by atoms with Gasteiger partial charge in [-0.15, -0.1) is 0 Å². The van der Waals surface area contributed by atoms with Crippen molar-refractivity contribution >= 4 is 5.91 Å². The van der Waals surface area contributed by atoms with Crippen molar-refractivity contribution in [2.45, 2.75) is 50.9 Å². The molecular weight excluding hydrogens is 396 g/mol. The van der Waals surface area contributed by atoms with E-state index in [0.717, 1.165) is 42.1 Å². The van der Waals surface area contributed by atoms with Crippen molar-refractivity contribution in [3.05, 3.63) is 59.7 Å². The monoisotopic (exact) mass is 422 g/mol. The summed E-state index contributed by atoms with van der Waals surface area (Å²) in [5, 5.41) is 4.61. The molecule has 9 heteroatoms. The Kier molecular flexibility index (Phi) is 5.19. The lowest BCUT2D eigenvalue weighted by molar-refractivity contribution is -0.160. The summed E-state index contributed by atoms with van der Waals surface area (Å²) in [7, 11) is 1.65. The number of imidazole rings is 1. The Bertz CT molecular complexity index is 1040. The number of nitrogens with zero attached hydrogens (tertiary/aromatic N) is 5. The van der Waals surface area contributed by atoms with E-state index in [1.165, 1.54) is 0 Å². The predicted molar refractivity (Wildman–Crippen MR) is 111 cm³/mol. The Morgan fingerprint density at radius 1 is 1.26 bits per heavy atom. The number of methoxy groups -OCH3 is 1. The fraction of sp³-hybridized carbons (Fsp3) is 0.455. The highest BCUT2D eigenvalue weighted by atomic mass is 16.5. The van der Waals surface area contributed by atoms with Gasteiger partial charge in [0.1, 0.15) is 24.3 Å². The van der Waals surface area contributed by atoms with Crippen LogP contribution in [0, 0.1) is 6.92 Å². The van der Waals surface area contributed by atoms with Gasteiger partial charge in [0, 0.05) is 30.9 Å². The Morgan fingerprint density at radius 3 is 2.74 bits per heavy atom. The van der Waals surface area contributed by atoms with Crippen molar-refractivity contribution in [1.82, 2.24) is 29.6 Å². The van der Waals surface area contributed by atoms with Gasteiger partial charge < -0.3 is 19.4 Å². The maximum absolute atomic E-state index is 12.9. The first kappa shape index (κ1) is 19.7. The number of rotatable bonds is 7. The third kappa shape index (κ3) is 3.93. The summed E-state index contributed by atoms with van der Waals surface area (Å²) in [4.78, 5) is 26.8. The number of hydrogen-bond acceptors (Lipinski definition) is 6. The van der Waals surface area contributed by atoms with Crippen LogP contribution < -0.4 is 4.74 Å². The average Bonchev–Trinajstić information content (AvgIpc) is 3.34. The van der Waals surface area contributed by atoms with Crippen LogP contribution in [0.2, 0.25) is 0 Å². The van der Waals surface area contributed by atoms with Crippen molar-refractivity contribution in [3.8, 4) is 5.75 Å². The van der Waals surface area contributed by atoms with Crippen molar-refractivity contribution in [1.29, 1.82) is 0 Å². The van der Waals surface area contributed by atoms with Crippen LogP contribution >= 0.6 is 0 Å². The molecule has 162 valence electrons. The summed E-state index contributed by atoms with van der Waals surface area (Å²) in [5.74, 6) is 2.24. The highest BCUT2D eigenvalue weighted by molar-refractivity contribution is 5.79. The molecule has 1 N–H and O–H groups in total. The molecule has 1 saturated carbocycles. The van der Waals surface area contributed by atoms with E-state index in [1.807, 2.05) is 47.0 Å². The second-order valence-electron chi connectivity index (χ2n) is 8.05. The molecule has 0 radical (unpaired) electrons. The lowest BCUT2D eigenvalue weighted by atomic mass is 9.96. The number of H-pyrrole nitrogens is 1. The first-order chi connectivity index (χ1) is 15.1. The molecule has 3 heterocycles. The molecule has 1 amide bonds. The Labute approximate surface area is 180 Å². The number of morpholine rings is 1. The highest BCUT2D eigenvalue weighted by Crippen LogP contribution is 2.45. The van der Waals surface area contributed by atoms with Crippen molar-refractivity contribution in [3.63, 3.8) is 0 Å². The molecule has 2 aliphatic rings. The minimum Gasteiger partial charge on any atom is -0.497 e. The number of aromatic amines is 1. The zero-order valence-electron chi connectivity index (χ0n) is 17.7. The highest BCUT2D eigenvalue weighted by Gasteiger charge is 2.47. The molecule has 9 nitrogen and oxygen atoms in total. The third-order valence-electron chi connectivity index (χ3n) is 5.87. The number of aromatic nitrogens is 5. The van der Waals surface area contributed by atoms with Crippen LogP contribution in [-0.2, 0) is 22.5 Å². The number of nitrogens with one attached hydrogen (secondary N) is 1. The average molecular weight is 422 g/mol. The maximum Gasteiger partial charge on any atom is 0.249 e. The molecule has 2 fully saturated rings. The van der Waals surface area contributed by atoms with E-state index in [4.69, 9.17) is 14.5 Å². The smallest absolute Gasteiger partial charge is 0.249 e. The standard InChI is InChI=1S/C22H26N6O3/c1-14-25-22(27(26-14)10-9-16-11-23-13-24-16)21-20(15-3-7-18(30-2)8-4-15)28(17-5-6-17)19(29)12-31-21/h3-4,7-8,11,13,17,20-21H,5-6,9-10,12H2,1-2H3,(H,23,24)/t20-,21+/m1/s1. The van der Waals surface area contributed by atoms with Gasteiger partial charge in [-0.3, -0.25) is 4.79 Å². The molecule has 0 bridgehead atoms. The number of ether oxygens (including phenoxy) is 2. The van der Waals surface area contributed by atoms with Gasteiger partial charge in [-0.1, -0.05) is 12.1 Å². The van der Waals surface area contributed by atoms with E-state index < -0.39 is 6.10 Å². The van der Waals surface area contributed by atoms with Crippen LogP contribution in [0.25, 0.3) is 0 Å².